The Labute approximate surface area is 130 Å². The van der Waals surface area contributed by atoms with Gasteiger partial charge in [0.2, 0.25) is 5.75 Å². The van der Waals surface area contributed by atoms with Crippen LogP contribution in [0.2, 0.25) is 0 Å². The molecule has 2 unspecified atom stereocenters. The molecule has 6 N–H and O–H groups in total. The largest absolute Gasteiger partial charge is 0.504 e. The third kappa shape index (κ3) is 4.53. The molecule has 0 aromatic heterocycles. The van der Waals surface area contributed by atoms with Crippen LogP contribution in [0.1, 0.15) is 45.1 Å². The summed E-state index contributed by atoms with van der Waals surface area (Å²) in [6.45, 7) is 3.51. The minimum absolute atomic E-state index is 0.180. The molecule has 0 fully saturated rings. The SMILES string of the molecule is CCC(CCCc1ccc(O)c(O)c1O)CC(C)(N)C(=O)O. The lowest BCUT2D eigenvalue weighted by atomic mass is 9.85. The fourth-order valence-electron chi connectivity index (χ4n) is 2.53. The number of hydrogen-bond acceptors (Lipinski definition) is 5. The molecule has 0 spiro atoms. The second-order valence-corrected chi connectivity index (χ2v) is 6.03. The van der Waals surface area contributed by atoms with Crippen molar-refractivity contribution in [2.75, 3.05) is 0 Å². The zero-order chi connectivity index (χ0) is 16.9. The Morgan fingerprint density at radius 3 is 2.45 bits per heavy atom. The molecule has 0 saturated heterocycles. The Morgan fingerprint density at radius 1 is 1.27 bits per heavy atom. The number of hydrogen-bond donors (Lipinski definition) is 5. The van der Waals surface area contributed by atoms with Crippen LogP contribution < -0.4 is 5.73 Å². The van der Waals surface area contributed by atoms with Gasteiger partial charge in [-0.2, -0.15) is 0 Å². The van der Waals surface area contributed by atoms with Crippen molar-refractivity contribution in [3.05, 3.63) is 17.7 Å². The van der Waals surface area contributed by atoms with Gasteiger partial charge in [0, 0.05) is 0 Å². The summed E-state index contributed by atoms with van der Waals surface area (Å²) in [4.78, 5) is 11.1. The van der Waals surface area contributed by atoms with Crippen LogP contribution in [0.5, 0.6) is 17.2 Å². The number of aryl methyl sites for hydroxylation is 1. The molecule has 124 valence electrons. The van der Waals surface area contributed by atoms with Crippen molar-refractivity contribution in [2.24, 2.45) is 11.7 Å². The van der Waals surface area contributed by atoms with Gasteiger partial charge in [-0.15, -0.1) is 0 Å². The van der Waals surface area contributed by atoms with Gasteiger partial charge in [-0.1, -0.05) is 25.8 Å². The van der Waals surface area contributed by atoms with Gasteiger partial charge in [0.25, 0.3) is 0 Å². The Balaban J connectivity index is 2.59. The highest BCUT2D eigenvalue weighted by atomic mass is 16.4. The van der Waals surface area contributed by atoms with Gasteiger partial charge in [-0.05, 0) is 43.7 Å². The molecule has 0 amide bonds. The average Bonchev–Trinajstić information content (AvgIpc) is 2.45. The Morgan fingerprint density at radius 2 is 1.91 bits per heavy atom. The molecule has 1 aromatic carbocycles. The van der Waals surface area contributed by atoms with Gasteiger partial charge in [0.15, 0.2) is 11.5 Å². The van der Waals surface area contributed by atoms with Crippen LogP contribution in [-0.2, 0) is 11.2 Å². The Bertz CT molecular complexity index is 528. The van der Waals surface area contributed by atoms with E-state index in [4.69, 9.17) is 10.8 Å². The third-order valence-corrected chi connectivity index (χ3v) is 4.05. The maximum Gasteiger partial charge on any atom is 0.323 e. The summed E-state index contributed by atoms with van der Waals surface area (Å²) in [5.74, 6) is -1.99. The van der Waals surface area contributed by atoms with E-state index in [1.165, 1.54) is 13.0 Å². The van der Waals surface area contributed by atoms with Gasteiger partial charge >= 0.3 is 5.97 Å². The quantitative estimate of drug-likeness (QED) is 0.469. The molecule has 22 heavy (non-hydrogen) atoms. The van der Waals surface area contributed by atoms with E-state index in [0.29, 0.717) is 18.4 Å². The van der Waals surface area contributed by atoms with E-state index in [2.05, 4.69) is 0 Å². The van der Waals surface area contributed by atoms with E-state index >= 15 is 0 Å². The molecule has 1 aromatic rings. The molecule has 0 aliphatic carbocycles. The summed E-state index contributed by atoms with van der Waals surface area (Å²) >= 11 is 0. The smallest absolute Gasteiger partial charge is 0.323 e. The fraction of sp³-hybridized carbons (Fsp3) is 0.562. The summed E-state index contributed by atoms with van der Waals surface area (Å²) in [5.41, 5.74) is 5.10. The summed E-state index contributed by atoms with van der Waals surface area (Å²) in [5, 5.41) is 37.6. The number of aliphatic carboxylic acids is 1. The molecule has 6 heteroatoms. The fourth-order valence-corrected chi connectivity index (χ4v) is 2.53. The maximum absolute atomic E-state index is 11.1. The number of phenols is 3. The molecule has 0 bridgehead atoms. The minimum Gasteiger partial charge on any atom is -0.504 e. The lowest BCUT2D eigenvalue weighted by Gasteiger charge is -2.25. The van der Waals surface area contributed by atoms with E-state index in [0.717, 1.165) is 19.3 Å². The second-order valence-electron chi connectivity index (χ2n) is 6.03. The van der Waals surface area contributed by atoms with Crippen LogP contribution in [-0.4, -0.2) is 31.9 Å². The molecule has 0 saturated carbocycles. The van der Waals surface area contributed by atoms with Gasteiger partial charge in [-0.3, -0.25) is 4.79 Å². The highest BCUT2D eigenvalue weighted by molar-refractivity contribution is 5.77. The number of rotatable bonds is 8. The molecule has 6 nitrogen and oxygen atoms in total. The number of aromatic hydroxyl groups is 3. The zero-order valence-electron chi connectivity index (χ0n) is 13.0. The minimum atomic E-state index is -1.24. The molecular weight excluding hydrogens is 286 g/mol. The van der Waals surface area contributed by atoms with Crippen molar-refractivity contribution in [1.82, 2.24) is 0 Å². The molecular formula is C16H25NO5. The monoisotopic (exact) mass is 311 g/mol. The Hall–Kier alpha value is -1.95. The number of benzene rings is 1. The van der Waals surface area contributed by atoms with Crippen molar-refractivity contribution in [3.8, 4) is 17.2 Å². The molecule has 0 aliphatic rings. The normalized spacial score (nSPS) is 15.2. The Kier molecular flexibility index (Phi) is 6.05. The molecule has 0 aliphatic heterocycles. The standard InChI is InChI=1S/C16H25NO5/c1-3-10(9-16(2,17)15(21)22)5-4-6-11-7-8-12(18)14(20)13(11)19/h7-8,10,18-20H,3-6,9,17H2,1-2H3,(H,21,22). The van der Waals surface area contributed by atoms with Gasteiger partial charge in [0.05, 0.1) is 0 Å². The molecule has 0 radical (unpaired) electrons. The first kappa shape index (κ1) is 18.1. The van der Waals surface area contributed by atoms with Gasteiger partial charge in [-0.25, -0.2) is 0 Å². The number of nitrogens with two attached hydrogens (primary N) is 1. The topological polar surface area (TPSA) is 124 Å². The first-order chi connectivity index (χ1) is 10.2. The van der Waals surface area contributed by atoms with Crippen LogP contribution in [0.25, 0.3) is 0 Å². The lowest BCUT2D eigenvalue weighted by molar-refractivity contribution is -0.143. The van der Waals surface area contributed by atoms with Crippen LogP contribution in [0.3, 0.4) is 0 Å². The summed E-state index contributed by atoms with van der Waals surface area (Å²) in [6.07, 6.45) is 3.26. The van der Waals surface area contributed by atoms with E-state index < -0.39 is 17.3 Å². The van der Waals surface area contributed by atoms with Crippen molar-refractivity contribution in [2.45, 2.75) is 51.5 Å². The lowest BCUT2D eigenvalue weighted by Crippen LogP contribution is -2.46. The highest BCUT2D eigenvalue weighted by Crippen LogP contribution is 2.37. The third-order valence-electron chi connectivity index (χ3n) is 4.05. The van der Waals surface area contributed by atoms with E-state index in [-0.39, 0.29) is 17.4 Å². The van der Waals surface area contributed by atoms with Crippen LogP contribution in [0.4, 0.5) is 0 Å². The summed E-state index contributed by atoms with van der Waals surface area (Å²) < 4.78 is 0. The predicted octanol–water partition coefficient (Wildman–Crippen LogP) is 2.34. The maximum atomic E-state index is 11.1. The predicted molar refractivity (Wildman–Crippen MR) is 83.0 cm³/mol. The molecule has 2 atom stereocenters. The highest BCUT2D eigenvalue weighted by Gasteiger charge is 2.30. The average molecular weight is 311 g/mol. The van der Waals surface area contributed by atoms with Crippen LogP contribution >= 0.6 is 0 Å². The summed E-state index contributed by atoms with van der Waals surface area (Å²) in [6, 6.07) is 2.90. The van der Waals surface area contributed by atoms with E-state index in [9.17, 15) is 20.1 Å². The van der Waals surface area contributed by atoms with Crippen molar-refractivity contribution >= 4 is 5.97 Å². The van der Waals surface area contributed by atoms with Gasteiger partial charge < -0.3 is 26.2 Å². The first-order valence-electron chi connectivity index (χ1n) is 7.44. The first-order valence-corrected chi connectivity index (χ1v) is 7.44. The number of carbonyl (C=O) groups is 1. The van der Waals surface area contributed by atoms with Crippen molar-refractivity contribution in [3.63, 3.8) is 0 Å². The summed E-state index contributed by atoms with van der Waals surface area (Å²) in [7, 11) is 0. The van der Waals surface area contributed by atoms with Crippen LogP contribution in [0.15, 0.2) is 12.1 Å². The van der Waals surface area contributed by atoms with Crippen LogP contribution in [0, 0.1) is 5.92 Å². The zero-order valence-corrected chi connectivity index (χ0v) is 13.0. The van der Waals surface area contributed by atoms with Gasteiger partial charge in [0.1, 0.15) is 5.54 Å². The van der Waals surface area contributed by atoms with E-state index in [1.807, 2.05) is 6.92 Å². The van der Waals surface area contributed by atoms with Crippen molar-refractivity contribution in [1.29, 1.82) is 0 Å². The number of phenolic OH excluding ortho intramolecular Hbond substituents is 3. The number of carboxylic acids is 1. The van der Waals surface area contributed by atoms with Crippen molar-refractivity contribution < 1.29 is 25.2 Å². The van der Waals surface area contributed by atoms with E-state index in [1.54, 1.807) is 6.07 Å². The number of carboxylic acid groups (broad SMARTS) is 1. The molecule has 1 rings (SSSR count). The second kappa shape index (κ2) is 7.35. The molecule has 0 heterocycles.